The second-order valence-electron chi connectivity index (χ2n) is 9.08. The molecule has 0 saturated heterocycles. The molecule has 0 aliphatic heterocycles. The Kier molecular flexibility index (Phi) is 3.65. The highest BCUT2D eigenvalue weighted by atomic mass is 16.6. The van der Waals surface area contributed by atoms with E-state index in [0.717, 1.165) is 19.3 Å². The summed E-state index contributed by atoms with van der Waals surface area (Å²) in [6.07, 6.45) is 3.71. The number of carbonyl (C=O) groups excluding carboxylic acids is 1. The van der Waals surface area contributed by atoms with E-state index in [0.29, 0.717) is 19.3 Å². The van der Waals surface area contributed by atoms with E-state index in [1.807, 2.05) is 27.7 Å². The van der Waals surface area contributed by atoms with Crippen LogP contribution in [0.4, 0.5) is 0 Å². The fraction of sp³-hybridized carbons (Fsp3) is 0.944. The molecule has 0 aromatic heterocycles. The molecule has 4 fully saturated rings. The molecule has 0 aromatic carbocycles. The van der Waals surface area contributed by atoms with Crippen molar-refractivity contribution in [2.45, 2.75) is 83.0 Å². The lowest BCUT2D eigenvalue weighted by Gasteiger charge is -2.62. The van der Waals surface area contributed by atoms with Crippen LogP contribution in [-0.4, -0.2) is 33.0 Å². The van der Waals surface area contributed by atoms with Crippen LogP contribution in [0.15, 0.2) is 0 Å². The molecule has 2 unspecified atom stereocenters. The Labute approximate surface area is 133 Å². The topological polar surface area (TPSA) is 66.8 Å². The highest BCUT2D eigenvalue weighted by Gasteiger charge is 2.64. The minimum absolute atomic E-state index is 0.128. The third-order valence-corrected chi connectivity index (χ3v) is 5.98. The maximum Gasteiger partial charge on any atom is 0.310 e. The van der Waals surface area contributed by atoms with Crippen LogP contribution in [0, 0.1) is 23.7 Å². The lowest BCUT2D eigenvalue weighted by Crippen LogP contribution is -2.67. The highest BCUT2D eigenvalue weighted by Crippen LogP contribution is 2.60. The number of esters is 1. The predicted octanol–water partition coefficient (Wildman–Crippen LogP) is 2.66. The standard InChI is InChI=1S/C18H30O4/c1-11(2)14(12(3)4)15(19)22-18-7-13-5-16(20,9-18)8-17(21,6-13)10-18/h11-14,20-21H,5-10H2,1-4H3. The predicted molar refractivity (Wildman–Crippen MR) is 83.1 cm³/mol. The first-order valence-electron chi connectivity index (χ1n) is 8.73. The number of hydrogen-bond donors (Lipinski definition) is 2. The van der Waals surface area contributed by atoms with Crippen LogP contribution >= 0.6 is 0 Å². The summed E-state index contributed by atoms with van der Waals surface area (Å²) in [7, 11) is 0. The van der Waals surface area contributed by atoms with E-state index >= 15 is 0 Å². The highest BCUT2D eigenvalue weighted by molar-refractivity contribution is 5.73. The van der Waals surface area contributed by atoms with Crippen molar-refractivity contribution in [2.75, 3.05) is 0 Å². The zero-order valence-electron chi connectivity index (χ0n) is 14.3. The first kappa shape index (κ1) is 16.3. The molecule has 0 heterocycles. The van der Waals surface area contributed by atoms with Gasteiger partial charge in [0.1, 0.15) is 5.60 Å². The quantitative estimate of drug-likeness (QED) is 0.783. The van der Waals surface area contributed by atoms with Gasteiger partial charge in [0, 0.05) is 19.3 Å². The summed E-state index contributed by atoms with van der Waals surface area (Å²) >= 11 is 0. The Balaban J connectivity index is 1.81. The number of ether oxygens (including phenoxy) is 1. The molecule has 126 valence electrons. The first-order valence-corrected chi connectivity index (χ1v) is 8.73. The van der Waals surface area contributed by atoms with Gasteiger partial charge in [0.2, 0.25) is 0 Å². The summed E-state index contributed by atoms with van der Waals surface area (Å²) < 4.78 is 6.01. The SMILES string of the molecule is CC(C)C(C(=O)OC12CC3CC(O)(CC(O)(C3)C1)C2)C(C)C. The van der Waals surface area contributed by atoms with Crippen molar-refractivity contribution in [3.63, 3.8) is 0 Å². The van der Waals surface area contributed by atoms with Gasteiger partial charge in [0.05, 0.1) is 17.1 Å². The fourth-order valence-corrected chi connectivity index (χ4v) is 5.96. The van der Waals surface area contributed by atoms with E-state index in [-0.39, 0.29) is 29.6 Å². The van der Waals surface area contributed by atoms with Gasteiger partial charge in [-0.1, -0.05) is 27.7 Å². The average Bonchev–Trinajstić information content (AvgIpc) is 2.19. The van der Waals surface area contributed by atoms with Crippen LogP contribution in [0.3, 0.4) is 0 Å². The molecule has 22 heavy (non-hydrogen) atoms. The number of hydrogen-bond acceptors (Lipinski definition) is 4. The number of rotatable bonds is 4. The molecule has 2 atom stereocenters. The molecule has 0 amide bonds. The summed E-state index contributed by atoms with van der Waals surface area (Å²) in [4.78, 5) is 12.7. The van der Waals surface area contributed by atoms with Crippen molar-refractivity contribution in [1.29, 1.82) is 0 Å². The smallest absolute Gasteiger partial charge is 0.310 e. The summed E-state index contributed by atoms with van der Waals surface area (Å²) in [6.45, 7) is 8.19. The maximum atomic E-state index is 12.7. The van der Waals surface area contributed by atoms with Gasteiger partial charge in [-0.3, -0.25) is 4.79 Å². The molecule has 2 N–H and O–H groups in total. The van der Waals surface area contributed by atoms with E-state index < -0.39 is 16.8 Å². The van der Waals surface area contributed by atoms with Gasteiger partial charge in [0.25, 0.3) is 0 Å². The Bertz CT molecular complexity index is 444. The summed E-state index contributed by atoms with van der Waals surface area (Å²) in [6, 6.07) is 0. The van der Waals surface area contributed by atoms with Gasteiger partial charge in [-0.2, -0.15) is 0 Å². The first-order chi connectivity index (χ1) is 10.1. The van der Waals surface area contributed by atoms with Crippen LogP contribution in [0.2, 0.25) is 0 Å². The molecule has 4 aliphatic carbocycles. The lowest BCUT2D eigenvalue weighted by atomic mass is 9.50. The van der Waals surface area contributed by atoms with E-state index in [1.165, 1.54) is 0 Å². The van der Waals surface area contributed by atoms with Crippen molar-refractivity contribution in [1.82, 2.24) is 0 Å². The molecule has 4 rings (SSSR count). The van der Waals surface area contributed by atoms with Crippen molar-refractivity contribution < 1.29 is 19.7 Å². The number of aliphatic hydroxyl groups is 2. The molecule has 4 aliphatic rings. The Hall–Kier alpha value is -0.610. The molecule has 0 radical (unpaired) electrons. The summed E-state index contributed by atoms with van der Waals surface area (Å²) in [5.41, 5.74) is -2.35. The van der Waals surface area contributed by atoms with E-state index in [9.17, 15) is 15.0 Å². The lowest BCUT2D eigenvalue weighted by molar-refractivity contribution is -0.263. The van der Waals surface area contributed by atoms with E-state index in [2.05, 4.69) is 0 Å². The third kappa shape index (κ3) is 2.69. The van der Waals surface area contributed by atoms with Gasteiger partial charge in [-0.25, -0.2) is 0 Å². The second-order valence-corrected chi connectivity index (χ2v) is 9.08. The normalized spacial score (nSPS) is 43.4. The molecule has 0 spiro atoms. The molecule has 4 heteroatoms. The summed E-state index contributed by atoms with van der Waals surface area (Å²) in [5, 5.41) is 21.5. The fourth-order valence-electron chi connectivity index (χ4n) is 5.96. The van der Waals surface area contributed by atoms with Gasteiger partial charge < -0.3 is 14.9 Å². The third-order valence-electron chi connectivity index (χ3n) is 5.98. The summed E-state index contributed by atoms with van der Waals surface area (Å²) in [5.74, 6) is 0.451. The molecule has 4 saturated carbocycles. The minimum Gasteiger partial charge on any atom is -0.459 e. The molecule has 4 bridgehead atoms. The van der Waals surface area contributed by atoms with Crippen LogP contribution in [0.1, 0.15) is 66.2 Å². The van der Waals surface area contributed by atoms with Gasteiger partial charge in [0.15, 0.2) is 0 Å². The van der Waals surface area contributed by atoms with Crippen molar-refractivity contribution in [2.24, 2.45) is 23.7 Å². The van der Waals surface area contributed by atoms with E-state index in [1.54, 1.807) is 0 Å². The van der Waals surface area contributed by atoms with Crippen molar-refractivity contribution >= 4 is 5.97 Å². The molecule has 0 aromatic rings. The molecule has 4 nitrogen and oxygen atoms in total. The average molecular weight is 310 g/mol. The van der Waals surface area contributed by atoms with E-state index in [4.69, 9.17) is 4.74 Å². The Morgan fingerprint density at radius 2 is 1.45 bits per heavy atom. The zero-order chi connectivity index (χ0) is 16.3. The van der Waals surface area contributed by atoms with Crippen LogP contribution < -0.4 is 0 Å². The minimum atomic E-state index is -0.848. The monoisotopic (exact) mass is 310 g/mol. The van der Waals surface area contributed by atoms with Gasteiger partial charge >= 0.3 is 5.97 Å². The molecular weight excluding hydrogens is 280 g/mol. The zero-order valence-corrected chi connectivity index (χ0v) is 14.3. The van der Waals surface area contributed by atoms with Crippen molar-refractivity contribution in [3.8, 4) is 0 Å². The van der Waals surface area contributed by atoms with Gasteiger partial charge in [-0.05, 0) is 37.0 Å². The Morgan fingerprint density at radius 1 is 0.955 bits per heavy atom. The van der Waals surface area contributed by atoms with Crippen LogP contribution in [0.25, 0.3) is 0 Å². The second kappa shape index (κ2) is 4.94. The van der Waals surface area contributed by atoms with Crippen LogP contribution in [-0.2, 0) is 9.53 Å². The molecular formula is C18H30O4. The van der Waals surface area contributed by atoms with Crippen molar-refractivity contribution in [3.05, 3.63) is 0 Å². The number of carbonyl (C=O) groups is 1. The Morgan fingerprint density at radius 3 is 1.86 bits per heavy atom. The van der Waals surface area contributed by atoms with Gasteiger partial charge in [-0.15, -0.1) is 0 Å². The van der Waals surface area contributed by atoms with Crippen LogP contribution in [0.5, 0.6) is 0 Å². The maximum absolute atomic E-state index is 12.7. The largest absolute Gasteiger partial charge is 0.459 e.